The molecule has 2 aromatic rings. The fraction of sp³-hybridized carbons (Fsp3) is 0.143. The number of carbonyl (C=O) groups is 1. The number of benzene rings is 1. The molecule has 0 radical (unpaired) electrons. The maximum atomic E-state index is 11.6. The van der Waals surface area contributed by atoms with E-state index in [2.05, 4.69) is 9.97 Å². The van der Waals surface area contributed by atoms with Crippen molar-refractivity contribution in [1.29, 1.82) is 0 Å². The van der Waals surface area contributed by atoms with Gasteiger partial charge in [-0.05, 0) is 30.7 Å². The van der Waals surface area contributed by atoms with E-state index >= 15 is 0 Å². The molecule has 0 spiro atoms. The van der Waals surface area contributed by atoms with Crippen LogP contribution in [0, 0.1) is 0 Å². The van der Waals surface area contributed by atoms with Crippen LogP contribution in [-0.4, -0.2) is 32.7 Å². The minimum atomic E-state index is -1.09. The first-order valence-electron chi connectivity index (χ1n) is 8.88. The third-order valence-electron chi connectivity index (χ3n) is 4.38. The number of amides is 1. The molecule has 28 heavy (non-hydrogen) atoms. The minimum absolute atomic E-state index is 0.392. The number of fused-ring (bicyclic) bond motifs is 1. The first-order valence-corrected chi connectivity index (χ1v) is 8.88. The van der Waals surface area contributed by atoms with Crippen LogP contribution in [0.2, 0.25) is 0 Å². The summed E-state index contributed by atoms with van der Waals surface area (Å²) in [6.45, 7) is 0.392. The molecule has 0 saturated heterocycles. The number of aromatic nitrogens is 2. The second kappa shape index (κ2) is 7.87. The van der Waals surface area contributed by atoms with Gasteiger partial charge in [-0.15, -0.1) is 0 Å². The Morgan fingerprint density at radius 2 is 2.04 bits per heavy atom. The molecule has 2 bridgehead atoms. The Morgan fingerprint density at radius 1 is 1.14 bits per heavy atom. The summed E-state index contributed by atoms with van der Waals surface area (Å²) in [6, 6.07) is 7.33. The highest BCUT2D eigenvalue weighted by atomic mass is 16.5. The number of aryl methyl sites for hydroxylation is 1. The molecule has 1 aromatic heterocycles. The van der Waals surface area contributed by atoms with E-state index in [0.29, 0.717) is 23.0 Å². The van der Waals surface area contributed by atoms with Gasteiger partial charge in [0, 0.05) is 29.6 Å². The summed E-state index contributed by atoms with van der Waals surface area (Å²) in [5.74, 6) is 1.39. The van der Waals surface area contributed by atoms with Gasteiger partial charge in [0.2, 0.25) is 0 Å². The Bertz CT molecular complexity index is 1120. The largest absolute Gasteiger partial charge is 0.494 e. The summed E-state index contributed by atoms with van der Waals surface area (Å²) in [5.41, 5.74) is 1.77. The van der Waals surface area contributed by atoms with Crippen molar-refractivity contribution < 1.29 is 14.6 Å². The summed E-state index contributed by atoms with van der Waals surface area (Å²) in [5, 5.41) is 10.8. The Morgan fingerprint density at radius 3 is 2.93 bits per heavy atom. The molecule has 0 atom stereocenters. The third kappa shape index (κ3) is 3.83. The molecule has 7 nitrogen and oxygen atoms in total. The van der Waals surface area contributed by atoms with Gasteiger partial charge in [0.15, 0.2) is 5.82 Å². The zero-order valence-electron chi connectivity index (χ0n) is 15.0. The highest BCUT2D eigenvalue weighted by Crippen LogP contribution is 2.28. The van der Waals surface area contributed by atoms with Crippen molar-refractivity contribution in [2.45, 2.75) is 12.8 Å². The zero-order valence-corrected chi connectivity index (χ0v) is 15.0. The molecule has 1 aliphatic carbocycles. The van der Waals surface area contributed by atoms with Crippen LogP contribution in [0.1, 0.15) is 17.7 Å². The van der Waals surface area contributed by atoms with Crippen molar-refractivity contribution >= 4 is 24.2 Å². The average Bonchev–Trinajstić information content (AvgIpc) is 2.71. The normalized spacial score (nSPS) is 15.7. The second-order valence-corrected chi connectivity index (χ2v) is 6.24. The van der Waals surface area contributed by atoms with Gasteiger partial charge in [-0.25, -0.2) is 19.8 Å². The number of nitrogens with zero attached hydrogens (tertiary/aromatic N) is 4. The van der Waals surface area contributed by atoms with E-state index in [4.69, 9.17) is 9.73 Å². The van der Waals surface area contributed by atoms with E-state index in [1.54, 1.807) is 12.2 Å². The maximum Gasteiger partial charge on any atom is 0.415 e. The van der Waals surface area contributed by atoms with Crippen molar-refractivity contribution in [3.63, 3.8) is 0 Å². The average molecular weight is 374 g/mol. The van der Waals surface area contributed by atoms with Crippen LogP contribution in [0.3, 0.4) is 0 Å². The molecule has 1 aromatic carbocycles. The first kappa shape index (κ1) is 17.7. The van der Waals surface area contributed by atoms with Gasteiger partial charge < -0.3 is 9.84 Å². The summed E-state index contributed by atoms with van der Waals surface area (Å²) in [7, 11) is 0. The second-order valence-electron chi connectivity index (χ2n) is 6.24. The standard InChI is InChI=1S/C21H18N4O3/c26-21(27)25-10-4-1-5-11-28-16-8-9-19-17(12-16)20(23-14-22-19)24-18-7-3-2-6-15(18)13-25/h1-7,10,12-14H,8-9,11H2,(H,26,27). The Kier molecular flexibility index (Phi) is 4.97. The van der Waals surface area contributed by atoms with Gasteiger partial charge in [0.1, 0.15) is 12.9 Å². The van der Waals surface area contributed by atoms with Gasteiger partial charge in [-0.3, -0.25) is 4.90 Å². The van der Waals surface area contributed by atoms with Crippen molar-refractivity contribution in [2.24, 2.45) is 4.99 Å². The van der Waals surface area contributed by atoms with Crippen LogP contribution < -0.4 is 10.6 Å². The van der Waals surface area contributed by atoms with Crippen molar-refractivity contribution in [2.75, 3.05) is 6.61 Å². The maximum absolute atomic E-state index is 11.6. The van der Waals surface area contributed by atoms with Crippen LogP contribution >= 0.6 is 0 Å². The topological polar surface area (TPSA) is 87.9 Å². The lowest BCUT2D eigenvalue weighted by Gasteiger charge is -2.16. The quantitative estimate of drug-likeness (QED) is 0.766. The van der Waals surface area contributed by atoms with E-state index in [1.807, 2.05) is 36.4 Å². The molecule has 0 fully saturated rings. The molecule has 0 unspecified atom stereocenters. The zero-order chi connectivity index (χ0) is 19.3. The number of allylic oxidation sites excluding steroid dienone is 3. The van der Waals surface area contributed by atoms with E-state index in [9.17, 15) is 9.90 Å². The molecule has 1 aliphatic heterocycles. The molecule has 4 rings (SSSR count). The fourth-order valence-electron chi connectivity index (χ4n) is 3.00. The predicted molar refractivity (Wildman–Crippen MR) is 104 cm³/mol. The van der Waals surface area contributed by atoms with Crippen molar-refractivity contribution in [3.05, 3.63) is 82.6 Å². The summed E-state index contributed by atoms with van der Waals surface area (Å²) < 4.78 is 5.82. The van der Waals surface area contributed by atoms with Crippen molar-refractivity contribution in [1.82, 2.24) is 14.9 Å². The van der Waals surface area contributed by atoms with Gasteiger partial charge in [-0.2, -0.15) is 0 Å². The lowest BCUT2D eigenvalue weighted by atomic mass is 10.0. The molecule has 1 amide bonds. The molecular formula is C21H18N4O3. The van der Waals surface area contributed by atoms with Gasteiger partial charge in [-0.1, -0.05) is 24.3 Å². The predicted octanol–water partition coefficient (Wildman–Crippen LogP) is 2.53. The van der Waals surface area contributed by atoms with Gasteiger partial charge in [0.25, 0.3) is 0 Å². The monoisotopic (exact) mass is 374 g/mol. The Labute approximate surface area is 161 Å². The molecule has 140 valence electrons. The highest BCUT2D eigenvalue weighted by molar-refractivity contribution is 5.72. The van der Waals surface area contributed by atoms with Gasteiger partial charge in [0.05, 0.1) is 16.8 Å². The Hall–Kier alpha value is -3.74. The van der Waals surface area contributed by atoms with Crippen LogP contribution in [0.5, 0.6) is 0 Å². The summed E-state index contributed by atoms with van der Waals surface area (Å²) in [4.78, 5) is 26.1. The minimum Gasteiger partial charge on any atom is -0.494 e. The van der Waals surface area contributed by atoms with Crippen LogP contribution in [0.15, 0.2) is 65.8 Å². The van der Waals surface area contributed by atoms with E-state index in [1.165, 1.54) is 18.7 Å². The molecule has 1 N–H and O–H groups in total. The lowest BCUT2D eigenvalue weighted by Crippen LogP contribution is -2.29. The number of hydrogen-bond donors (Lipinski definition) is 1. The number of carboxylic acid groups (broad SMARTS) is 1. The number of hydrogen-bond acceptors (Lipinski definition) is 5. The van der Waals surface area contributed by atoms with Crippen LogP contribution in [0.25, 0.3) is 12.3 Å². The summed E-state index contributed by atoms with van der Waals surface area (Å²) >= 11 is 0. The number of ether oxygens (including phenoxy) is 1. The number of para-hydroxylation sites is 1. The fourth-order valence-corrected chi connectivity index (χ4v) is 3.00. The Balaban J connectivity index is 1.95. The summed E-state index contributed by atoms with van der Waals surface area (Å²) in [6.07, 6.45) is 12.1. The molecule has 2 aliphatic rings. The first-order chi connectivity index (χ1) is 13.7. The molecular weight excluding hydrogens is 356 g/mol. The molecule has 7 heteroatoms. The molecule has 2 heterocycles. The van der Waals surface area contributed by atoms with E-state index < -0.39 is 6.09 Å². The smallest absolute Gasteiger partial charge is 0.415 e. The SMILES string of the molecule is O=C(O)N1C=CC=CCOC2=Cc3c(ncnc3N=c3ccccc3=C1)CC2. The van der Waals surface area contributed by atoms with E-state index in [0.717, 1.165) is 34.8 Å². The molecule has 0 saturated carbocycles. The lowest BCUT2D eigenvalue weighted by molar-refractivity contribution is 0.179. The highest BCUT2D eigenvalue weighted by Gasteiger charge is 2.16. The van der Waals surface area contributed by atoms with Crippen molar-refractivity contribution in [3.8, 4) is 0 Å². The third-order valence-corrected chi connectivity index (χ3v) is 4.38. The van der Waals surface area contributed by atoms with E-state index in [-0.39, 0.29) is 0 Å². The number of rotatable bonds is 0. The van der Waals surface area contributed by atoms with Crippen LogP contribution in [-0.2, 0) is 11.2 Å². The van der Waals surface area contributed by atoms with Crippen LogP contribution in [0.4, 0.5) is 10.6 Å². The van der Waals surface area contributed by atoms with Gasteiger partial charge >= 0.3 is 6.09 Å².